The minimum atomic E-state index is -0.647. The fourth-order valence-electron chi connectivity index (χ4n) is 1.68. The van der Waals surface area contributed by atoms with Gasteiger partial charge in [-0.1, -0.05) is 0 Å². The number of nitrogens with zero attached hydrogens (tertiary/aromatic N) is 2. The highest BCUT2D eigenvalue weighted by atomic mass is 16.6. The van der Waals surface area contributed by atoms with Crippen LogP contribution in [0.25, 0.3) is 0 Å². The maximum Gasteiger partial charge on any atom is 0.287 e. The van der Waals surface area contributed by atoms with Crippen molar-refractivity contribution in [1.29, 1.82) is 0 Å². The lowest BCUT2D eigenvalue weighted by molar-refractivity contribution is -0.385. The van der Waals surface area contributed by atoms with Crippen molar-refractivity contribution in [2.45, 2.75) is 0 Å². The van der Waals surface area contributed by atoms with Gasteiger partial charge in [0.15, 0.2) is 5.76 Å². The van der Waals surface area contributed by atoms with Crippen LogP contribution in [0.4, 0.5) is 5.69 Å². The minimum Gasteiger partial charge on any atom is -0.508 e. The van der Waals surface area contributed by atoms with Crippen molar-refractivity contribution in [2.75, 3.05) is 6.54 Å². The highest BCUT2D eigenvalue weighted by Crippen LogP contribution is 2.21. The molecule has 0 spiro atoms. The monoisotopic (exact) mass is 332 g/mol. The van der Waals surface area contributed by atoms with E-state index in [2.05, 4.69) is 15.8 Å². The van der Waals surface area contributed by atoms with Crippen molar-refractivity contribution in [3.05, 3.63) is 58.0 Å². The molecular formula is C14H12N4O6. The summed E-state index contributed by atoms with van der Waals surface area (Å²) in [5, 5.41) is 26.0. The SMILES string of the molecule is O=C(CNC(=O)c1ccco1)N/N=C/c1cc(O)ccc1[N+](=O)[O-]. The Morgan fingerprint density at radius 1 is 1.38 bits per heavy atom. The number of carbonyl (C=O) groups is 2. The molecule has 10 heteroatoms. The third-order valence-corrected chi connectivity index (χ3v) is 2.76. The second-order valence-electron chi connectivity index (χ2n) is 4.45. The Labute approximate surface area is 134 Å². The number of hydrogen-bond acceptors (Lipinski definition) is 7. The van der Waals surface area contributed by atoms with Gasteiger partial charge in [-0.25, -0.2) is 5.43 Å². The molecule has 0 aliphatic carbocycles. The van der Waals surface area contributed by atoms with Gasteiger partial charge in [0.1, 0.15) is 5.75 Å². The number of rotatable bonds is 6. The number of phenolic OH excluding ortho intramolecular Hbond substituents is 1. The second kappa shape index (κ2) is 7.54. The second-order valence-corrected chi connectivity index (χ2v) is 4.45. The van der Waals surface area contributed by atoms with Crippen molar-refractivity contribution in [3.8, 4) is 5.75 Å². The fraction of sp³-hybridized carbons (Fsp3) is 0.0714. The Bertz CT molecular complexity index is 785. The number of hydrazone groups is 1. The van der Waals surface area contributed by atoms with Gasteiger partial charge in [-0.05, 0) is 24.3 Å². The van der Waals surface area contributed by atoms with Gasteiger partial charge in [0.25, 0.3) is 17.5 Å². The number of nitro groups is 1. The first kappa shape index (κ1) is 16.7. The van der Waals surface area contributed by atoms with E-state index in [1.165, 1.54) is 18.4 Å². The quantitative estimate of drug-likeness (QED) is 0.404. The number of hydrogen-bond donors (Lipinski definition) is 3. The van der Waals surface area contributed by atoms with Gasteiger partial charge in [-0.2, -0.15) is 5.10 Å². The van der Waals surface area contributed by atoms with E-state index in [1.54, 1.807) is 0 Å². The van der Waals surface area contributed by atoms with Crippen LogP contribution in [0.5, 0.6) is 5.75 Å². The average molecular weight is 332 g/mol. The highest BCUT2D eigenvalue weighted by Gasteiger charge is 2.13. The molecule has 0 saturated carbocycles. The Hall–Kier alpha value is -3.69. The van der Waals surface area contributed by atoms with Crippen molar-refractivity contribution in [3.63, 3.8) is 0 Å². The lowest BCUT2D eigenvalue weighted by atomic mass is 10.2. The summed E-state index contributed by atoms with van der Waals surface area (Å²) in [6.07, 6.45) is 2.34. The molecule has 124 valence electrons. The predicted octanol–water partition coefficient (Wildman–Crippen LogP) is 0.773. The molecule has 3 N–H and O–H groups in total. The van der Waals surface area contributed by atoms with E-state index in [-0.39, 0.29) is 29.3 Å². The molecular weight excluding hydrogens is 320 g/mol. The zero-order valence-corrected chi connectivity index (χ0v) is 12.1. The number of furan rings is 1. The first-order valence-electron chi connectivity index (χ1n) is 6.58. The summed E-state index contributed by atoms with van der Waals surface area (Å²) < 4.78 is 4.85. The van der Waals surface area contributed by atoms with Crippen LogP contribution in [0.1, 0.15) is 16.1 Å². The number of amides is 2. The summed E-state index contributed by atoms with van der Waals surface area (Å²) in [4.78, 5) is 33.3. The predicted molar refractivity (Wildman–Crippen MR) is 81.5 cm³/mol. The van der Waals surface area contributed by atoms with Crippen molar-refractivity contribution in [1.82, 2.24) is 10.7 Å². The smallest absolute Gasteiger partial charge is 0.287 e. The molecule has 0 bridgehead atoms. The molecule has 1 aromatic heterocycles. The summed E-state index contributed by atoms with van der Waals surface area (Å²) in [6.45, 7) is -0.362. The Kier molecular flexibility index (Phi) is 5.24. The Morgan fingerprint density at radius 3 is 2.83 bits per heavy atom. The normalized spacial score (nSPS) is 10.5. The molecule has 0 saturated heterocycles. The van der Waals surface area contributed by atoms with Gasteiger partial charge in [-0.15, -0.1) is 0 Å². The van der Waals surface area contributed by atoms with Crippen LogP contribution in [0.15, 0.2) is 46.1 Å². The molecule has 10 nitrogen and oxygen atoms in total. The highest BCUT2D eigenvalue weighted by molar-refractivity contribution is 5.94. The van der Waals surface area contributed by atoms with Crippen LogP contribution in [-0.2, 0) is 4.79 Å². The van der Waals surface area contributed by atoms with Crippen molar-refractivity contribution >= 4 is 23.7 Å². The summed E-state index contributed by atoms with van der Waals surface area (Å²) in [5.74, 6) is -1.34. The molecule has 0 unspecified atom stereocenters. The Balaban J connectivity index is 1.90. The third-order valence-electron chi connectivity index (χ3n) is 2.76. The van der Waals surface area contributed by atoms with E-state index in [0.717, 1.165) is 24.4 Å². The van der Waals surface area contributed by atoms with Crippen LogP contribution >= 0.6 is 0 Å². The van der Waals surface area contributed by atoms with Crippen LogP contribution in [0.3, 0.4) is 0 Å². The molecule has 24 heavy (non-hydrogen) atoms. The zero-order chi connectivity index (χ0) is 17.5. The van der Waals surface area contributed by atoms with Gasteiger partial charge in [0, 0.05) is 6.07 Å². The van der Waals surface area contributed by atoms with E-state index in [1.807, 2.05) is 0 Å². The van der Waals surface area contributed by atoms with Gasteiger partial charge in [0.2, 0.25) is 0 Å². The summed E-state index contributed by atoms with van der Waals surface area (Å²) in [7, 11) is 0. The summed E-state index contributed by atoms with van der Waals surface area (Å²) in [6, 6.07) is 6.38. The summed E-state index contributed by atoms with van der Waals surface area (Å²) >= 11 is 0. The van der Waals surface area contributed by atoms with E-state index in [0.29, 0.717) is 0 Å². The van der Waals surface area contributed by atoms with Crippen molar-refractivity contribution < 1.29 is 24.0 Å². The molecule has 0 atom stereocenters. The number of carbonyl (C=O) groups excluding carboxylic acids is 2. The molecule has 0 aliphatic rings. The van der Waals surface area contributed by atoms with E-state index in [4.69, 9.17) is 4.42 Å². The first-order valence-corrected chi connectivity index (χ1v) is 6.58. The standard InChI is InChI=1S/C14H12N4O6/c19-10-3-4-11(18(22)23)9(6-10)7-16-17-13(20)8-15-14(21)12-2-1-5-24-12/h1-7,19H,8H2,(H,15,21)(H,17,20)/b16-7+. The topological polar surface area (TPSA) is 147 Å². The number of benzene rings is 1. The van der Waals surface area contributed by atoms with Gasteiger partial charge < -0.3 is 14.8 Å². The van der Waals surface area contributed by atoms with E-state index < -0.39 is 16.7 Å². The van der Waals surface area contributed by atoms with Crippen LogP contribution in [0, 0.1) is 10.1 Å². The third kappa shape index (κ3) is 4.40. The van der Waals surface area contributed by atoms with E-state index >= 15 is 0 Å². The van der Waals surface area contributed by atoms with Crippen LogP contribution in [-0.4, -0.2) is 34.6 Å². The molecule has 0 fully saturated rings. The lowest BCUT2D eigenvalue weighted by Gasteiger charge is -2.02. The molecule has 1 heterocycles. The molecule has 2 rings (SSSR count). The molecule has 0 radical (unpaired) electrons. The number of nitro benzene ring substituents is 1. The maximum atomic E-state index is 11.5. The molecule has 2 amide bonds. The Morgan fingerprint density at radius 2 is 2.17 bits per heavy atom. The molecule has 1 aromatic carbocycles. The number of phenols is 1. The summed E-state index contributed by atoms with van der Waals surface area (Å²) in [5.41, 5.74) is 1.83. The molecule has 2 aromatic rings. The van der Waals surface area contributed by atoms with Gasteiger partial charge >= 0.3 is 0 Å². The lowest BCUT2D eigenvalue weighted by Crippen LogP contribution is -2.34. The fourth-order valence-corrected chi connectivity index (χ4v) is 1.68. The first-order chi connectivity index (χ1) is 11.5. The van der Waals surface area contributed by atoms with E-state index in [9.17, 15) is 24.8 Å². The maximum absolute atomic E-state index is 11.5. The van der Waals surface area contributed by atoms with Crippen LogP contribution < -0.4 is 10.7 Å². The van der Waals surface area contributed by atoms with Crippen LogP contribution in [0.2, 0.25) is 0 Å². The number of nitrogens with one attached hydrogen (secondary N) is 2. The average Bonchev–Trinajstić information content (AvgIpc) is 3.07. The largest absolute Gasteiger partial charge is 0.508 e. The van der Waals surface area contributed by atoms with Crippen molar-refractivity contribution in [2.24, 2.45) is 5.10 Å². The van der Waals surface area contributed by atoms with Gasteiger partial charge in [-0.3, -0.25) is 19.7 Å². The zero-order valence-electron chi connectivity index (χ0n) is 12.1. The van der Waals surface area contributed by atoms with Gasteiger partial charge in [0.05, 0.1) is 29.5 Å². The molecule has 0 aliphatic heterocycles. The number of aromatic hydroxyl groups is 1. The minimum absolute atomic E-state index is 0.0138.